The molecular formula is C4H9NO3. The first-order valence-corrected chi connectivity index (χ1v) is 2.17. The monoisotopic (exact) mass is 119 g/mol. The fourth-order valence-corrected chi connectivity index (χ4v) is 0.254. The molecule has 0 radical (unpaired) electrons. The van der Waals surface area contributed by atoms with Crippen LogP contribution in [0.3, 0.4) is 0 Å². The Morgan fingerprint density at radius 3 is 2.62 bits per heavy atom. The lowest BCUT2D eigenvalue weighted by atomic mass is 10.4. The molecule has 0 aliphatic carbocycles. The summed E-state index contributed by atoms with van der Waals surface area (Å²) in [4.78, 5) is 10.2. The van der Waals surface area contributed by atoms with Gasteiger partial charge < -0.3 is 15.6 Å². The van der Waals surface area contributed by atoms with Gasteiger partial charge in [0.05, 0.1) is 13.5 Å². The highest BCUT2D eigenvalue weighted by molar-refractivity contribution is 5.69. The average molecular weight is 119 g/mol. The van der Waals surface area contributed by atoms with Crippen molar-refractivity contribution in [3.8, 4) is 0 Å². The number of ether oxygens (including phenoxy) is 1. The van der Waals surface area contributed by atoms with E-state index in [1.165, 1.54) is 7.11 Å². The summed E-state index contributed by atoms with van der Waals surface area (Å²) in [6.45, 7) is 0. The smallest absolute Gasteiger partial charge is 0.309 e. The Bertz CT molecular complexity index is 81.4. The second kappa shape index (κ2) is 3.40. The predicted molar refractivity (Wildman–Crippen MR) is 26.8 cm³/mol. The van der Waals surface area contributed by atoms with Gasteiger partial charge in [-0.2, -0.15) is 0 Å². The maximum atomic E-state index is 10.2. The highest BCUT2D eigenvalue weighted by Crippen LogP contribution is 1.84. The lowest BCUT2D eigenvalue weighted by molar-refractivity contribution is -0.142. The second-order valence-electron chi connectivity index (χ2n) is 1.35. The average Bonchev–Trinajstić information content (AvgIpc) is 1.65. The van der Waals surface area contributed by atoms with Crippen molar-refractivity contribution >= 4 is 5.97 Å². The van der Waals surface area contributed by atoms with Gasteiger partial charge >= 0.3 is 5.97 Å². The van der Waals surface area contributed by atoms with Gasteiger partial charge in [-0.3, -0.25) is 4.79 Å². The Kier molecular flexibility index (Phi) is 3.14. The molecule has 4 nitrogen and oxygen atoms in total. The lowest BCUT2D eigenvalue weighted by Gasteiger charge is -1.99. The van der Waals surface area contributed by atoms with E-state index in [0.717, 1.165) is 0 Å². The SMILES string of the molecule is COC(=O)CC(N)O. The molecular weight excluding hydrogens is 110 g/mol. The molecule has 0 saturated carbocycles. The lowest BCUT2D eigenvalue weighted by Crippen LogP contribution is -2.23. The van der Waals surface area contributed by atoms with E-state index in [4.69, 9.17) is 10.8 Å². The quantitative estimate of drug-likeness (QED) is 0.355. The number of hydrogen-bond acceptors (Lipinski definition) is 4. The van der Waals surface area contributed by atoms with E-state index < -0.39 is 12.2 Å². The van der Waals surface area contributed by atoms with Gasteiger partial charge in [-0.15, -0.1) is 0 Å². The van der Waals surface area contributed by atoms with E-state index in [0.29, 0.717) is 0 Å². The molecule has 1 atom stereocenters. The van der Waals surface area contributed by atoms with Gasteiger partial charge in [-0.05, 0) is 0 Å². The molecule has 1 unspecified atom stereocenters. The zero-order valence-corrected chi connectivity index (χ0v) is 4.63. The molecule has 0 aliphatic rings. The molecule has 0 aliphatic heterocycles. The molecule has 3 N–H and O–H groups in total. The summed E-state index contributed by atoms with van der Waals surface area (Å²) in [6.07, 6.45) is -1.24. The molecule has 8 heavy (non-hydrogen) atoms. The number of hydrogen-bond donors (Lipinski definition) is 2. The third-order valence-electron chi connectivity index (χ3n) is 0.603. The van der Waals surface area contributed by atoms with Crippen molar-refractivity contribution in [3.05, 3.63) is 0 Å². The van der Waals surface area contributed by atoms with Crippen molar-refractivity contribution < 1.29 is 14.6 Å². The fraction of sp³-hybridized carbons (Fsp3) is 0.750. The van der Waals surface area contributed by atoms with E-state index in [-0.39, 0.29) is 6.42 Å². The molecule has 4 heteroatoms. The van der Waals surface area contributed by atoms with Crippen LogP contribution in [-0.4, -0.2) is 24.4 Å². The van der Waals surface area contributed by atoms with E-state index in [1.807, 2.05) is 0 Å². The zero-order chi connectivity index (χ0) is 6.57. The molecule has 0 aromatic heterocycles. The number of carbonyl (C=O) groups is 1. The van der Waals surface area contributed by atoms with Crippen molar-refractivity contribution in [1.29, 1.82) is 0 Å². The summed E-state index contributed by atoms with van der Waals surface area (Å²) in [7, 11) is 1.24. The number of esters is 1. The minimum absolute atomic E-state index is 0.142. The highest BCUT2D eigenvalue weighted by Gasteiger charge is 2.03. The first-order chi connectivity index (χ1) is 3.66. The molecule has 0 fully saturated rings. The summed E-state index contributed by atoms with van der Waals surface area (Å²) in [5.74, 6) is -0.500. The normalized spacial score (nSPS) is 12.9. The van der Waals surface area contributed by atoms with Gasteiger partial charge in [0.2, 0.25) is 0 Å². The van der Waals surface area contributed by atoms with Gasteiger partial charge in [0.15, 0.2) is 0 Å². The molecule has 0 bridgehead atoms. The molecule has 48 valence electrons. The summed E-state index contributed by atoms with van der Waals surface area (Å²) in [6, 6.07) is 0. The third-order valence-corrected chi connectivity index (χ3v) is 0.603. The van der Waals surface area contributed by atoms with E-state index >= 15 is 0 Å². The van der Waals surface area contributed by atoms with Gasteiger partial charge in [0.25, 0.3) is 0 Å². The number of aliphatic hydroxyl groups excluding tert-OH is 1. The Morgan fingerprint density at radius 1 is 2.00 bits per heavy atom. The van der Waals surface area contributed by atoms with Gasteiger partial charge in [-0.1, -0.05) is 0 Å². The largest absolute Gasteiger partial charge is 0.469 e. The number of aliphatic hydroxyl groups is 1. The van der Waals surface area contributed by atoms with Gasteiger partial charge in [0.1, 0.15) is 6.23 Å². The van der Waals surface area contributed by atoms with Crippen LogP contribution >= 0.6 is 0 Å². The van der Waals surface area contributed by atoms with Crippen LogP contribution in [0.15, 0.2) is 0 Å². The van der Waals surface area contributed by atoms with E-state index in [9.17, 15) is 4.79 Å². The summed E-state index contributed by atoms with van der Waals surface area (Å²) in [5.41, 5.74) is 4.82. The summed E-state index contributed by atoms with van der Waals surface area (Å²) < 4.78 is 4.18. The summed E-state index contributed by atoms with van der Waals surface area (Å²) in [5, 5.41) is 8.33. The predicted octanol–water partition coefficient (Wildman–Crippen LogP) is -1.17. The Morgan fingerprint density at radius 2 is 2.50 bits per heavy atom. The van der Waals surface area contributed by atoms with Crippen molar-refractivity contribution in [1.82, 2.24) is 0 Å². The van der Waals surface area contributed by atoms with Gasteiger partial charge in [0, 0.05) is 0 Å². The first-order valence-electron chi connectivity index (χ1n) is 2.17. The molecule has 0 aromatic rings. The minimum Gasteiger partial charge on any atom is -0.469 e. The number of carbonyl (C=O) groups excluding carboxylic acids is 1. The van der Waals surface area contributed by atoms with Crippen LogP contribution in [0.1, 0.15) is 6.42 Å². The number of methoxy groups -OCH3 is 1. The molecule has 0 aromatic carbocycles. The van der Waals surface area contributed by atoms with Crippen LogP contribution in [-0.2, 0) is 9.53 Å². The van der Waals surface area contributed by atoms with Crippen LogP contribution in [0.25, 0.3) is 0 Å². The van der Waals surface area contributed by atoms with Gasteiger partial charge in [-0.25, -0.2) is 0 Å². The topological polar surface area (TPSA) is 72.5 Å². The van der Waals surface area contributed by atoms with E-state index in [1.54, 1.807) is 0 Å². The Hall–Kier alpha value is -0.610. The maximum absolute atomic E-state index is 10.2. The molecule has 0 heterocycles. The van der Waals surface area contributed by atoms with Crippen molar-refractivity contribution in [2.24, 2.45) is 5.73 Å². The number of rotatable bonds is 2. The molecule has 0 saturated heterocycles. The van der Waals surface area contributed by atoms with E-state index in [2.05, 4.69) is 4.74 Å². The molecule has 0 rings (SSSR count). The first kappa shape index (κ1) is 7.39. The highest BCUT2D eigenvalue weighted by atomic mass is 16.5. The van der Waals surface area contributed by atoms with Crippen LogP contribution in [0.5, 0.6) is 0 Å². The van der Waals surface area contributed by atoms with Crippen molar-refractivity contribution in [2.45, 2.75) is 12.6 Å². The molecule has 0 spiro atoms. The van der Waals surface area contributed by atoms with Crippen LogP contribution < -0.4 is 5.73 Å². The maximum Gasteiger partial charge on any atom is 0.309 e. The third kappa shape index (κ3) is 3.58. The van der Waals surface area contributed by atoms with Crippen LogP contribution in [0.4, 0.5) is 0 Å². The second-order valence-corrected chi connectivity index (χ2v) is 1.35. The minimum atomic E-state index is -1.09. The Balaban J connectivity index is 3.25. The van der Waals surface area contributed by atoms with Crippen LogP contribution in [0.2, 0.25) is 0 Å². The van der Waals surface area contributed by atoms with Crippen molar-refractivity contribution in [2.75, 3.05) is 7.11 Å². The standard InChI is InChI=1S/C4H9NO3/c1-8-4(7)2-3(5)6/h3,6H,2,5H2,1H3. The van der Waals surface area contributed by atoms with Crippen molar-refractivity contribution in [3.63, 3.8) is 0 Å². The summed E-state index contributed by atoms with van der Waals surface area (Å²) >= 11 is 0. The number of nitrogens with two attached hydrogens (primary N) is 1. The Labute approximate surface area is 47.2 Å². The zero-order valence-electron chi connectivity index (χ0n) is 4.63. The fourth-order valence-electron chi connectivity index (χ4n) is 0.254. The van der Waals surface area contributed by atoms with Crippen LogP contribution in [0, 0.1) is 0 Å². The molecule has 0 amide bonds.